The van der Waals surface area contributed by atoms with Crippen LogP contribution in [0.1, 0.15) is 35.7 Å². The van der Waals surface area contributed by atoms with Gasteiger partial charge >= 0.3 is 5.97 Å². The van der Waals surface area contributed by atoms with E-state index in [1.165, 1.54) is 20.3 Å². The molecule has 1 N–H and O–H groups in total. The minimum Gasteiger partial charge on any atom is -0.497 e. The summed E-state index contributed by atoms with van der Waals surface area (Å²) in [5.74, 6) is 0.142. The monoisotopic (exact) mass is 357 g/mol. The third kappa shape index (κ3) is 4.75. The molecule has 2 rings (SSSR count). The second-order valence-electron chi connectivity index (χ2n) is 5.93. The molecule has 0 aliphatic rings. The molecule has 0 spiro atoms. The predicted molar refractivity (Wildman–Crippen MR) is 99.0 cm³/mol. The van der Waals surface area contributed by atoms with Gasteiger partial charge in [0.1, 0.15) is 17.1 Å². The first kappa shape index (κ1) is 19.3. The van der Waals surface area contributed by atoms with Crippen molar-refractivity contribution in [1.82, 2.24) is 0 Å². The van der Waals surface area contributed by atoms with Crippen LogP contribution in [0, 0.1) is 0 Å². The molecule has 0 unspecified atom stereocenters. The molecule has 2 aromatic rings. The van der Waals surface area contributed by atoms with Crippen LogP contribution in [0.25, 0.3) is 0 Å². The quantitative estimate of drug-likeness (QED) is 0.766. The number of anilines is 1. The fourth-order valence-electron chi connectivity index (χ4n) is 2.47. The van der Waals surface area contributed by atoms with Crippen LogP contribution in [0.15, 0.2) is 42.5 Å². The SMILES string of the molecule is COC(=O)c1ccc(OC)cc1OCC(=O)Nc1ccccc1C(C)C. The topological polar surface area (TPSA) is 73.9 Å². The van der Waals surface area contributed by atoms with Crippen molar-refractivity contribution in [3.05, 3.63) is 53.6 Å². The Labute approximate surface area is 153 Å². The zero-order valence-electron chi connectivity index (χ0n) is 15.4. The van der Waals surface area contributed by atoms with Gasteiger partial charge in [-0.25, -0.2) is 4.79 Å². The molecule has 0 aliphatic heterocycles. The van der Waals surface area contributed by atoms with E-state index in [1.807, 2.05) is 24.3 Å². The molecule has 0 aliphatic carbocycles. The van der Waals surface area contributed by atoms with E-state index in [9.17, 15) is 9.59 Å². The van der Waals surface area contributed by atoms with Crippen molar-refractivity contribution in [1.29, 1.82) is 0 Å². The fraction of sp³-hybridized carbons (Fsp3) is 0.300. The molecule has 1 amide bonds. The van der Waals surface area contributed by atoms with Gasteiger partial charge in [-0.3, -0.25) is 4.79 Å². The number of esters is 1. The minimum atomic E-state index is -0.548. The molecule has 6 heteroatoms. The summed E-state index contributed by atoms with van der Waals surface area (Å²) < 4.78 is 15.4. The molecule has 0 heterocycles. The van der Waals surface area contributed by atoms with Gasteiger partial charge < -0.3 is 19.5 Å². The number of hydrogen-bond donors (Lipinski definition) is 1. The Morgan fingerprint density at radius 2 is 1.81 bits per heavy atom. The van der Waals surface area contributed by atoms with Crippen LogP contribution < -0.4 is 14.8 Å². The largest absolute Gasteiger partial charge is 0.497 e. The van der Waals surface area contributed by atoms with E-state index in [2.05, 4.69) is 19.2 Å². The average molecular weight is 357 g/mol. The summed E-state index contributed by atoms with van der Waals surface area (Å²) in [5, 5.41) is 2.84. The van der Waals surface area contributed by atoms with Gasteiger partial charge in [-0.2, -0.15) is 0 Å². The van der Waals surface area contributed by atoms with E-state index in [4.69, 9.17) is 14.2 Å². The number of methoxy groups -OCH3 is 2. The maximum atomic E-state index is 12.3. The fourth-order valence-corrected chi connectivity index (χ4v) is 2.47. The first-order chi connectivity index (χ1) is 12.5. The zero-order valence-corrected chi connectivity index (χ0v) is 15.4. The third-order valence-electron chi connectivity index (χ3n) is 3.81. The summed E-state index contributed by atoms with van der Waals surface area (Å²) in [7, 11) is 2.79. The van der Waals surface area contributed by atoms with E-state index >= 15 is 0 Å². The van der Waals surface area contributed by atoms with E-state index in [0.717, 1.165) is 11.3 Å². The van der Waals surface area contributed by atoms with Crippen molar-refractivity contribution in [2.75, 3.05) is 26.1 Å². The second-order valence-corrected chi connectivity index (χ2v) is 5.93. The summed E-state index contributed by atoms with van der Waals surface area (Å²) in [5.41, 5.74) is 2.01. The highest BCUT2D eigenvalue weighted by atomic mass is 16.5. The van der Waals surface area contributed by atoms with Crippen LogP contribution in [-0.4, -0.2) is 32.7 Å². The average Bonchev–Trinajstić information content (AvgIpc) is 2.65. The second kappa shape index (κ2) is 8.89. The Balaban J connectivity index is 2.11. The Morgan fingerprint density at radius 1 is 1.08 bits per heavy atom. The summed E-state index contributed by atoms with van der Waals surface area (Å²) in [6, 6.07) is 12.3. The molecular formula is C20H23NO5. The first-order valence-corrected chi connectivity index (χ1v) is 8.24. The van der Waals surface area contributed by atoms with Gasteiger partial charge in [-0.1, -0.05) is 32.0 Å². The van der Waals surface area contributed by atoms with E-state index < -0.39 is 5.97 Å². The number of rotatable bonds is 7. The number of amides is 1. The molecule has 0 bridgehead atoms. The van der Waals surface area contributed by atoms with Gasteiger partial charge in [0.15, 0.2) is 6.61 Å². The lowest BCUT2D eigenvalue weighted by atomic mass is 10.0. The van der Waals surface area contributed by atoms with Crippen LogP contribution in [0.3, 0.4) is 0 Å². The van der Waals surface area contributed by atoms with E-state index in [1.54, 1.807) is 12.1 Å². The van der Waals surface area contributed by atoms with Crippen LogP contribution in [0.4, 0.5) is 5.69 Å². The molecule has 0 aromatic heterocycles. The smallest absolute Gasteiger partial charge is 0.341 e. The zero-order chi connectivity index (χ0) is 19.1. The van der Waals surface area contributed by atoms with Crippen LogP contribution in [0.5, 0.6) is 11.5 Å². The van der Waals surface area contributed by atoms with Crippen molar-refractivity contribution in [2.45, 2.75) is 19.8 Å². The summed E-state index contributed by atoms with van der Waals surface area (Å²) in [4.78, 5) is 24.1. The third-order valence-corrected chi connectivity index (χ3v) is 3.81. The van der Waals surface area contributed by atoms with Gasteiger partial charge in [0, 0.05) is 11.8 Å². The number of ether oxygens (including phenoxy) is 3. The van der Waals surface area contributed by atoms with Crippen molar-refractivity contribution >= 4 is 17.6 Å². The highest BCUT2D eigenvalue weighted by Crippen LogP contribution is 2.26. The lowest BCUT2D eigenvalue weighted by Crippen LogP contribution is -2.21. The highest BCUT2D eigenvalue weighted by molar-refractivity contribution is 5.94. The van der Waals surface area contributed by atoms with Gasteiger partial charge in [0.25, 0.3) is 5.91 Å². The molecule has 6 nitrogen and oxygen atoms in total. The lowest BCUT2D eigenvalue weighted by molar-refractivity contribution is -0.118. The number of carbonyl (C=O) groups is 2. The normalized spacial score (nSPS) is 10.3. The summed E-state index contributed by atoms with van der Waals surface area (Å²) in [6.07, 6.45) is 0. The van der Waals surface area contributed by atoms with Gasteiger partial charge in [-0.15, -0.1) is 0 Å². The minimum absolute atomic E-state index is 0.225. The molecule has 0 saturated carbocycles. The summed E-state index contributed by atoms with van der Waals surface area (Å²) >= 11 is 0. The summed E-state index contributed by atoms with van der Waals surface area (Å²) in [6.45, 7) is 3.87. The van der Waals surface area contributed by atoms with Gasteiger partial charge in [0.2, 0.25) is 0 Å². The van der Waals surface area contributed by atoms with Crippen LogP contribution in [-0.2, 0) is 9.53 Å². The molecule has 0 saturated heterocycles. The molecular weight excluding hydrogens is 334 g/mol. The molecule has 0 atom stereocenters. The maximum Gasteiger partial charge on any atom is 0.341 e. The van der Waals surface area contributed by atoms with Crippen molar-refractivity contribution in [2.24, 2.45) is 0 Å². The predicted octanol–water partition coefficient (Wildman–Crippen LogP) is 3.62. The van der Waals surface area contributed by atoms with Crippen LogP contribution >= 0.6 is 0 Å². The Morgan fingerprint density at radius 3 is 2.46 bits per heavy atom. The van der Waals surface area contributed by atoms with Crippen LogP contribution in [0.2, 0.25) is 0 Å². The van der Waals surface area contributed by atoms with Gasteiger partial charge in [-0.05, 0) is 29.7 Å². The molecule has 0 radical (unpaired) electrons. The Kier molecular flexibility index (Phi) is 6.60. The highest BCUT2D eigenvalue weighted by Gasteiger charge is 2.16. The standard InChI is InChI=1S/C20H23NO5/c1-13(2)15-7-5-6-8-17(15)21-19(22)12-26-18-11-14(24-3)9-10-16(18)20(23)25-4/h5-11,13H,12H2,1-4H3,(H,21,22). The number of nitrogens with one attached hydrogen (secondary N) is 1. The number of carbonyl (C=O) groups excluding carboxylic acids is 2. The molecule has 138 valence electrons. The Hall–Kier alpha value is -3.02. The first-order valence-electron chi connectivity index (χ1n) is 8.24. The molecule has 0 fully saturated rings. The van der Waals surface area contributed by atoms with E-state index in [0.29, 0.717) is 5.75 Å². The molecule has 2 aromatic carbocycles. The lowest BCUT2D eigenvalue weighted by Gasteiger charge is -2.15. The van der Waals surface area contributed by atoms with E-state index in [-0.39, 0.29) is 29.7 Å². The molecule has 26 heavy (non-hydrogen) atoms. The van der Waals surface area contributed by atoms with Gasteiger partial charge in [0.05, 0.1) is 14.2 Å². The number of para-hydroxylation sites is 1. The Bertz CT molecular complexity index is 786. The van der Waals surface area contributed by atoms with Crippen molar-refractivity contribution in [3.63, 3.8) is 0 Å². The van der Waals surface area contributed by atoms with Crippen molar-refractivity contribution < 1.29 is 23.8 Å². The number of hydrogen-bond acceptors (Lipinski definition) is 5. The van der Waals surface area contributed by atoms with Crippen molar-refractivity contribution in [3.8, 4) is 11.5 Å². The number of benzene rings is 2. The maximum absolute atomic E-state index is 12.3.